The minimum Gasteiger partial charge on any atom is -0.494 e. The quantitative estimate of drug-likeness (QED) is 0.233. The van der Waals surface area contributed by atoms with Crippen LogP contribution < -0.4 is 10.1 Å². The van der Waals surface area contributed by atoms with Crippen LogP contribution in [0.1, 0.15) is 30.8 Å². The summed E-state index contributed by atoms with van der Waals surface area (Å²) in [6.07, 6.45) is 2.76. The zero-order chi connectivity index (χ0) is 23.9. The molecule has 0 aliphatic carbocycles. The van der Waals surface area contributed by atoms with Crippen LogP contribution in [0.4, 0.5) is 5.13 Å². The lowest BCUT2D eigenvalue weighted by atomic mass is 10.2. The van der Waals surface area contributed by atoms with Crippen LogP contribution >= 0.6 is 23.6 Å². The Morgan fingerprint density at radius 1 is 1.35 bits per heavy atom. The van der Waals surface area contributed by atoms with Crippen LogP contribution in [-0.4, -0.2) is 42.4 Å². The van der Waals surface area contributed by atoms with Crippen LogP contribution in [0.3, 0.4) is 0 Å². The summed E-state index contributed by atoms with van der Waals surface area (Å²) in [5.41, 5.74) is 1.60. The summed E-state index contributed by atoms with van der Waals surface area (Å²) in [7, 11) is 0. The Hall–Kier alpha value is -3.64. The topological polar surface area (TPSA) is 124 Å². The molecule has 34 heavy (non-hydrogen) atoms. The highest BCUT2D eigenvalue weighted by atomic mass is 32.1. The molecule has 10 nitrogen and oxygen atoms in total. The van der Waals surface area contributed by atoms with Gasteiger partial charge in [0.2, 0.25) is 17.6 Å². The van der Waals surface area contributed by atoms with E-state index in [2.05, 4.69) is 37.2 Å². The number of ether oxygens (including phenoxy) is 1. The zero-order valence-corrected chi connectivity index (χ0v) is 20.1. The number of aromatic amines is 1. The molecule has 4 aromatic rings. The van der Waals surface area contributed by atoms with Crippen molar-refractivity contribution in [3.8, 4) is 17.1 Å². The van der Waals surface area contributed by atoms with Gasteiger partial charge < -0.3 is 14.6 Å². The Morgan fingerprint density at radius 2 is 2.18 bits per heavy atom. The average Bonchev–Trinajstić information content (AvgIpc) is 3.56. The molecule has 0 aliphatic heterocycles. The van der Waals surface area contributed by atoms with Gasteiger partial charge in [-0.2, -0.15) is 10.1 Å². The predicted octanol–water partition coefficient (Wildman–Crippen LogP) is 4.19. The molecule has 3 heterocycles. The number of hydrogen-bond acceptors (Lipinski definition) is 9. The van der Waals surface area contributed by atoms with Crippen molar-refractivity contribution in [3.05, 3.63) is 64.5 Å². The largest absolute Gasteiger partial charge is 0.494 e. The number of thiazole rings is 1. The Bertz CT molecular complexity index is 1320. The molecule has 1 aromatic carbocycles. The van der Waals surface area contributed by atoms with Gasteiger partial charge >= 0.3 is 0 Å². The van der Waals surface area contributed by atoms with Crippen LogP contribution in [0.25, 0.3) is 11.4 Å². The smallest absolute Gasteiger partial charge is 0.227 e. The minimum atomic E-state index is -0.184. The maximum absolute atomic E-state index is 12.4. The molecule has 176 valence electrons. The summed E-state index contributed by atoms with van der Waals surface area (Å²) in [6.45, 7) is 6.84. The number of nitrogens with zero attached hydrogens (tertiary/aromatic N) is 5. The summed E-state index contributed by atoms with van der Waals surface area (Å²) in [4.78, 5) is 21.2. The van der Waals surface area contributed by atoms with Gasteiger partial charge in [-0.1, -0.05) is 11.2 Å². The van der Waals surface area contributed by atoms with E-state index in [4.69, 9.17) is 21.5 Å². The Labute approximate surface area is 204 Å². The second-order valence-electron chi connectivity index (χ2n) is 7.18. The monoisotopic (exact) mass is 497 g/mol. The third-order valence-electron chi connectivity index (χ3n) is 4.74. The molecule has 0 bridgehead atoms. The molecule has 12 heteroatoms. The van der Waals surface area contributed by atoms with Crippen LogP contribution in [0, 0.1) is 4.77 Å². The molecule has 0 saturated heterocycles. The molecule has 0 radical (unpaired) electrons. The van der Waals surface area contributed by atoms with Gasteiger partial charge in [-0.05, 0) is 43.4 Å². The molecule has 0 spiro atoms. The maximum atomic E-state index is 12.4. The fraction of sp³-hybridized carbons (Fsp3) is 0.273. The Kier molecular flexibility index (Phi) is 7.60. The Balaban J connectivity index is 1.29. The third kappa shape index (κ3) is 5.83. The number of amides is 1. The summed E-state index contributed by atoms with van der Waals surface area (Å²) >= 11 is 6.58. The summed E-state index contributed by atoms with van der Waals surface area (Å²) in [5, 5.41) is 16.2. The van der Waals surface area contributed by atoms with Crippen molar-refractivity contribution < 1.29 is 14.1 Å². The van der Waals surface area contributed by atoms with E-state index in [1.165, 1.54) is 11.3 Å². The molecule has 0 aliphatic rings. The number of H-pyrrole nitrogens is 1. The molecule has 3 aromatic heterocycles. The summed E-state index contributed by atoms with van der Waals surface area (Å²) in [6, 6.07) is 7.44. The van der Waals surface area contributed by atoms with Crippen molar-refractivity contribution in [3.63, 3.8) is 0 Å². The predicted molar refractivity (Wildman–Crippen MR) is 130 cm³/mol. The number of carbonyl (C=O) groups is 1. The number of carbonyl (C=O) groups excluding carboxylic acids is 1. The van der Waals surface area contributed by atoms with Crippen molar-refractivity contribution in [2.75, 3.05) is 11.9 Å². The number of rotatable bonds is 11. The molecule has 0 atom stereocenters. The molecule has 2 N–H and O–H groups in total. The van der Waals surface area contributed by atoms with Crippen LogP contribution in [-0.2, 0) is 24.2 Å². The van der Waals surface area contributed by atoms with Crippen molar-refractivity contribution in [1.82, 2.24) is 29.9 Å². The van der Waals surface area contributed by atoms with E-state index < -0.39 is 0 Å². The van der Waals surface area contributed by atoms with E-state index in [1.54, 1.807) is 6.08 Å². The first-order chi connectivity index (χ1) is 16.6. The van der Waals surface area contributed by atoms with Gasteiger partial charge in [-0.25, -0.2) is 4.98 Å². The number of aromatic nitrogens is 6. The van der Waals surface area contributed by atoms with Crippen molar-refractivity contribution in [2.45, 2.75) is 32.7 Å². The molecular formula is C22H23N7O3S2. The first kappa shape index (κ1) is 23.5. The van der Waals surface area contributed by atoms with E-state index in [0.29, 0.717) is 47.6 Å². The van der Waals surface area contributed by atoms with E-state index in [0.717, 1.165) is 22.8 Å². The highest BCUT2D eigenvalue weighted by molar-refractivity contribution is 7.71. The van der Waals surface area contributed by atoms with Crippen LogP contribution in [0.15, 0.2) is 46.8 Å². The number of allylic oxidation sites excluding steroid dienone is 1. The second-order valence-corrected chi connectivity index (χ2v) is 8.43. The van der Waals surface area contributed by atoms with E-state index in [-0.39, 0.29) is 12.3 Å². The fourth-order valence-electron chi connectivity index (χ4n) is 3.15. The lowest BCUT2D eigenvalue weighted by Crippen LogP contribution is -2.12. The van der Waals surface area contributed by atoms with Crippen molar-refractivity contribution >= 4 is 34.6 Å². The van der Waals surface area contributed by atoms with Crippen LogP contribution in [0.2, 0.25) is 0 Å². The first-order valence-electron chi connectivity index (χ1n) is 10.6. The Morgan fingerprint density at radius 3 is 2.94 bits per heavy atom. The van der Waals surface area contributed by atoms with Gasteiger partial charge in [0, 0.05) is 30.3 Å². The molecule has 4 rings (SSSR count). The lowest BCUT2D eigenvalue weighted by Gasteiger charge is -2.02. The van der Waals surface area contributed by atoms with Gasteiger partial charge in [0.05, 0.1) is 18.7 Å². The molecular weight excluding hydrogens is 474 g/mol. The maximum Gasteiger partial charge on any atom is 0.227 e. The first-order valence-corrected chi connectivity index (χ1v) is 11.9. The zero-order valence-electron chi connectivity index (χ0n) is 18.5. The fourth-order valence-corrected chi connectivity index (χ4v) is 4.10. The normalized spacial score (nSPS) is 10.9. The van der Waals surface area contributed by atoms with Crippen LogP contribution in [0.5, 0.6) is 5.75 Å². The minimum absolute atomic E-state index is 0.184. The van der Waals surface area contributed by atoms with Gasteiger partial charge in [-0.3, -0.25) is 14.5 Å². The average molecular weight is 498 g/mol. The molecule has 1 amide bonds. The number of aryl methyl sites for hydroxylation is 1. The highest BCUT2D eigenvalue weighted by Gasteiger charge is 2.13. The highest BCUT2D eigenvalue weighted by Crippen LogP contribution is 2.21. The second kappa shape index (κ2) is 11.0. The molecule has 0 fully saturated rings. The third-order valence-corrected chi connectivity index (χ3v) is 5.86. The van der Waals surface area contributed by atoms with Crippen molar-refractivity contribution in [1.29, 1.82) is 0 Å². The summed E-state index contributed by atoms with van der Waals surface area (Å²) < 4.78 is 13.1. The SMILES string of the molecule is C=CCn1c(Cc2csc(NC(=O)CCc3nc(-c4ccc(OCC)cc4)no3)n2)n[nH]c1=S. The molecule has 0 saturated carbocycles. The van der Waals surface area contributed by atoms with Crippen molar-refractivity contribution in [2.24, 2.45) is 0 Å². The number of benzene rings is 1. The van der Waals surface area contributed by atoms with Gasteiger partial charge in [0.1, 0.15) is 11.6 Å². The lowest BCUT2D eigenvalue weighted by molar-refractivity contribution is -0.116. The number of hydrogen-bond donors (Lipinski definition) is 2. The van der Waals surface area contributed by atoms with E-state index in [9.17, 15) is 4.79 Å². The van der Waals surface area contributed by atoms with Gasteiger partial charge in [0.15, 0.2) is 9.90 Å². The van der Waals surface area contributed by atoms with Gasteiger partial charge in [-0.15, -0.1) is 17.9 Å². The summed E-state index contributed by atoms with van der Waals surface area (Å²) in [5.74, 6) is 2.22. The molecule has 0 unspecified atom stereocenters. The van der Waals surface area contributed by atoms with E-state index >= 15 is 0 Å². The number of anilines is 1. The van der Waals surface area contributed by atoms with Gasteiger partial charge in [0.25, 0.3) is 0 Å². The van der Waals surface area contributed by atoms with E-state index in [1.807, 2.05) is 41.1 Å². The standard InChI is InChI=1S/C22H23N7O3S2/c1-3-11-29-17(26-27-22(29)33)12-15-13-34-21(23-15)24-18(30)9-10-19-25-20(28-32-19)14-5-7-16(8-6-14)31-4-2/h3,5-8,13H,1,4,9-12H2,2H3,(H,27,33)(H,23,24,30). The number of nitrogens with one attached hydrogen (secondary N) is 2.